The van der Waals surface area contributed by atoms with Gasteiger partial charge in [-0.25, -0.2) is 0 Å². The van der Waals surface area contributed by atoms with Gasteiger partial charge in [-0.15, -0.1) is 11.3 Å². The fourth-order valence-corrected chi connectivity index (χ4v) is 7.45. The van der Waals surface area contributed by atoms with Gasteiger partial charge >= 0.3 is 0 Å². The van der Waals surface area contributed by atoms with Crippen LogP contribution in [0.2, 0.25) is 0 Å². The molecule has 0 bridgehead atoms. The number of ketones is 2. The molecule has 3 aromatic carbocycles. The number of amides is 1. The Balaban J connectivity index is 1.54. The molecule has 0 saturated carbocycles. The number of hydrogen-bond acceptors (Lipinski definition) is 5. The maximum Gasteiger partial charge on any atom is 0.238 e. The van der Waals surface area contributed by atoms with E-state index in [2.05, 4.69) is 21.2 Å². The highest BCUT2D eigenvalue weighted by Crippen LogP contribution is 2.58. The van der Waals surface area contributed by atoms with Crippen molar-refractivity contribution >= 4 is 62.2 Å². The third-order valence-electron chi connectivity index (χ3n) is 7.99. The number of rotatable bonds is 4. The molecule has 3 aliphatic rings. The van der Waals surface area contributed by atoms with E-state index in [9.17, 15) is 14.4 Å². The van der Waals surface area contributed by atoms with Crippen LogP contribution in [-0.4, -0.2) is 29.6 Å². The molecule has 4 aromatic rings. The van der Waals surface area contributed by atoms with E-state index in [1.165, 1.54) is 11.3 Å². The number of Topliss-reactive ketones (excluding diaryl/α,β-unsaturated/α-hetero) is 2. The SMILES string of the molecule is O=C(c1ccc(Br)cc1)[C@@H]1[C@H](C(=O)c2cccs2)[C@]2(C(=O)Nc3ccccc32)[C@H]2C=Cc3ccccc3N12. The molecule has 186 valence electrons. The van der Waals surface area contributed by atoms with E-state index in [1.54, 1.807) is 18.2 Å². The molecule has 1 aromatic heterocycles. The molecule has 38 heavy (non-hydrogen) atoms. The van der Waals surface area contributed by atoms with Gasteiger partial charge in [-0.2, -0.15) is 0 Å². The molecule has 1 N–H and O–H groups in total. The minimum atomic E-state index is -1.28. The summed E-state index contributed by atoms with van der Waals surface area (Å²) in [5.74, 6) is -1.57. The van der Waals surface area contributed by atoms with E-state index in [0.29, 0.717) is 16.1 Å². The van der Waals surface area contributed by atoms with Gasteiger partial charge in [-0.1, -0.05) is 82.7 Å². The molecule has 5 nitrogen and oxygen atoms in total. The van der Waals surface area contributed by atoms with Gasteiger partial charge in [0.1, 0.15) is 11.5 Å². The highest BCUT2D eigenvalue weighted by molar-refractivity contribution is 9.10. The Kier molecular flexibility index (Phi) is 5.29. The lowest BCUT2D eigenvalue weighted by Gasteiger charge is -2.37. The molecule has 4 heterocycles. The normalized spacial score (nSPS) is 24.6. The van der Waals surface area contributed by atoms with Crippen molar-refractivity contribution in [3.8, 4) is 0 Å². The number of halogens is 1. The first kappa shape index (κ1) is 23.3. The summed E-state index contributed by atoms with van der Waals surface area (Å²) in [6, 6.07) is 24.8. The highest BCUT2D eigenvalue weighted by atomic mass is 79.9. The topological polar surface area (TPSA) is 66.5 Å². The minimum absolute atomic E-state index is 0.184. The average molecular weight is 581 g/mol. The first-order valence-corrected chi connectivity index (χ1v) is 14.0. The number of benzene rings is 3. The van der Waals surface area contributed by atoms with Crippen molar-refractivity contribution in [1.29, 1.82) is 0 Å². The Morgan fingerprint density at radius 3 is 2.45 bits per heavy atom. The molecule has 0 aliphatic carbocycles. The monoisotopic (exact) mass is 580 g/mol. The van der Waals surface area contributed by atoms with Crippen LogP contribution in [0.1, 0.15) is 31.2 Å². The van der Waals surface area contributed by atoms with Gasteiger partial charge in [0.2, 0.25) is 5.91 Å². The number of anilines is 2. The Bertz CT molecular complexity index is 1650. The molecule has 7 rings (SSSR count). The number of thiophene rings is 1. The van der Waals surface area contributed by atoms with Crippen LogP contribution in [0.25, 0.3) is 6.08 Å². The van der Waals surface area contributed by atoms with Crippen molar-refractivity contribution in [2.75, 3.05) is 10.2 Å². The Morgan fingerprint density at radius 2 is 1.66 bits per heavy atom. The minimum Gasteiger partial charge on any atom is -0.352 e. The maximum atomic E-state index is 14.5. The van der Waals surface area contributed by atoms with Crippen LogP contribution in [0.15, 0.2) is 101 Å². The second kappa shape index (κ2) is 8.61. The number of carbonyl (C=O) groups is 3. The maximum absolute atomic E-state index is 14.5. The molecule has 7 heteroatoms. The van der Waals surface area contributed by atoms with Crippen molar-refractivity contribution in [2.24, 2.45) is 5.92 Å². The lowest BCUT2D eigenvalue weighted by Crippen LogP contribution is -2.51. The van der Waals surface area contributed by atoms with Gasteiger partial charge < -0.3 is 10.2 Å². The summed E-state index contributed by atoms with van der Waals surface area (Å²) < 4.78 is 0.858. The Labute approximate surface area is 231 Å². The lowest BCUT2D eigenvalue weighted by atomic mass is 9.64. The third kappa shape index (κ3) is 3.12. The summed E-state index contributed by atoms with van der Waals surface area (Å²) in [7, 11) is 0. The average Bonchev–Trinajstić information content (AvgIpc) is 3.65. The Hall–Kier alpha value is -3.81. The van der Waals surface area contributed by atoms with E-state index in [-0.39, 0.29) is 17.5 Å². The van der Waals surface area contributed by atoms with Crippen molar-refractivity contribution in [2.45, 2.75) is 17.5 Å². The molecular weight excluding hydrogens is 560 g/mol. The smallest absolute Gasteiger partial charge is 0.238 e. The summed E-state index contributed by atoms with van der Waals surface area (Å²) in [6.07, 6.45) is 4.00. The summed E-state index contributed by atoms with van der Waals surface area (Å²) >= 11 is 4.79. The number of hydrogen-bond donors (Lipinski definition) is 1. The quantitative estimate of drug-likeness (QED) is 0.285. The van der Waals surface area contributed by atoms with Gasteiger partial charge in [0, 0.05) is 21.4 Å². The zero-order chi connectivity index (χ0) is 26.0. The second-order valence-corrected chi connectivity index (χ2v) is 11.6. The molecule has 1 saturated heterocycles. The van der Waals surface area contributed by atoms with E-state index in [0.717, 1.165) is 21.3 Å². The fourth-order valence-electron chi connectivity index (χ4n) is 6.48. The van der Waals surface area contributed by atoms with Gasteiger partial charge in [0.15, 0.2) is 11.6 Å². The summed E-state index contributed by atoms with van der Waals surface area (Å²) in [6.45, 7) is 0. The first-order valence-electron chi connectivity index (χ1n) is 12.4. The van der Waals surface area contributed by atoms with E-state index < -0.39 is 23.4 Å². The van der Waals surface area contributed by atoms with Crippen molar-refractivity contribution in [1.82, 2.24) is 0 Å². The molecule has 0 unspecified atom stereocenters. The van der Waals surface area contributed by atoms with E-state index in [1.807, 2.05) is 89.2 Å². The van der Waals surface area contributed by atoms with Crippen LogP contribution in [-0.2, 0) is 10.2 Å². The second-order valence-electron chi connectivity index (χ2n) is 9.77. The van der Waals surface area contributed by atoms with Crippen LogP contribution in [0.4, 0.5) is 11.4 Å². The summed E-state index contributed by atoms with van der Waals surface area (Å²) in [5.41, 5.74) is 2.45. The summed E-state index contributed by atoms with van der Waals surface area (Å²) in [5, 5.41) is 4.91. The van der Waals surface area contributed by atoms with E-state index >= 15 is 0 Å². The van der Waals surface area contributed by atoms with Gasteiger partial charge in [-0.05, 0) is 46.8 Å². The zero-order valence-corrected chi connectivity index (χ0v) is 22.4. The number of fused-ring (bicyclic) bond motifs is 6. The fraction of sp³-hybridized carbons (Fsp3) is 0.129. The van der Waals surface area contributed by atoms with Crippen LogP contribution in [0, 0.1) is 5.92 Å². The number of carbonyl (C=O) groups excluding carboxylic acids is 3. The molecular formula is C31H21BrN2O3S. The first-order chi connectivity index (χ1) is 18.5. The van der Waals surface area contributed by atoms with E-state index in [4.69, 9.17) is 0 Å². The van der Waals surface area contributed by atoms with Gasteiger partial charge in [0.05, 0.1) is 16.8 Å². The van der Waals surface area contributed by atoms with Gasteiger partial charge in [-0.3, -0.25) is 14.4 Å². The summed E-state index contributed by atoms with van der Waals surface area (Å²) in [4.78, 5) is 45.8. The van der Waals surface area contributed by atoms with Crippen LogP contribution >= 0.6 is 27.3 Å². The zero-order valence-electron chi connectivity index (χ0n) is 20.0. The van der Waals surface area contributed by atoms with Crippen LogP contribution in [0.5, 0.6) is 0 Å². The Morgan fingerprint density at radius 1 is 0.895 bits per heavy atom. The predicted octanol–water partition coefficient (Wildman–Crippen LogP) is 6.37. The number of para-hydroxylation sites is 2. The predicted molar refractivity (Wildman–Crippen MR) is 153 cm³/mol. The highest BCUT2D eigenvalue weighted by Gasteiger charge is 2.70. The van der Waals surface area contributed by atoms with Crippen molar-refractivity contribution in [3.63, 3.8) is 0 Å². The van der Waals surface area contributed by atoms with Gasteiger partial charge in [0.25, 0.3) is 0 Å². The molecule has 1 spiro atoms. The number of nitrogens with one attached hydrogen (secondary N) is 1. The van der Waals surface area contributed by atoms with Crippen molar-refractivity contribution in [3.05, 3.63) is 122 Å². The molecule has 0 radical (unpaired) electrons. The molecule has 1 amide bonds. The molecule has 3 aliphatic heterocycles. The van der Waals surface area contributed by atoms with Crippen LogP contribution in [0.3, 0.4) is 0 Å². The third-order valence-corrected chi connectivity index (χ3v) is 9.40. The largest absolute Gasteiger partial charge is 0.352 e. The standard InChI is InChI=1S/C31H21BrN2O3S/c32-20-14-11-19(12-15-20)28(35)27-26(29(36)24-10-5-17-38-24)31(21-7-2-3-8-22(21)33-30(31)37)25-16-13-18-6-1-4-9-23(18)34(25)27/h1-17,25-27H,(H,33,37)/t25-,26-,27+,31-/m1/s1. The molecule has 1 fully saturated rings. The van der Waals surface area contributed by atoms with Crippen molar-refractivity contribution < 1.29 is 14.4 Å². The number of nitrogens with zero attached hydrogens (tertiary/aromatic N) is 1. The lowest BCUT2D eigenvalue weighted by molar-refractivity contribution is -0.121. The van der Waals surface area contributed by atoms with Crippen LogP contribution < -0.4 is 10.2 Å². The molecule has 4 atom stereocenters.